The van der Waals surface area contributed by atoms with Crippen LogP contribution in [-0.4, -0.2) is 41.9 Å². The predicted molar refractivity (Wildman–Crippen MR) is 145 cm³/mol. The van der Waals surface area contributed by atoms with E-state index >= 15 is 0 Å². The molecule has 3 N–H and O–H groups in total. The van der Waals surface area contributed by atoms with E-state index in [4.69, 9.17) is 9.05 Å². The van der Waals surface area contributed by atoms with E-state index < -0.39 is 27.8 Å². The number of rotatable bonds is 11. The maximum absolute atomic E-state index is 13.5. The zero-order chi connectivity index (χ0) is 29.0. The second kappa shape index (κ2) is 12.0. The third kappa shape index (κ3) is 6.82. The summed E-state index contributed by atoms with van der Waals surface area (Å²) in [6.07, 6.45) is -0.121. The van der Waals surface area contributed by atoms with E-state index in [9.17, 15) is 22.3 Å². The molecule has 13 heteroatoms. The summed E-state index contributed by atoms with van der Waals surface area (Å²) in [5, 5.41) is 20.9. The van der Waals surface area contributed by atoms with Crippen LogP contribution in [0.4, 0.5) is 14.5 Å². The highest BCUT2D eigenvalue weighted by Gasteiger charge is 2.17. The summed E-state index contributed by atoms with van der Waals surface area (Å²) >= 11 is 0. The molecular formula is C28H25F2N5O5S. The molecule has 0 amide bonds. The number of hydrogen-bond acceptors (Lipinski definition) is 9. The van der Waals surface area contributed by atoms with Gasteiger partial charge in [0, 0.05) is 29.4 Å². The number of aryl methyl sites for hydroxylation is 1. The first-order valence-corrected chi connectivity index (χ1v) is 14.0. The van der Waals surface area contributed by atoms with Gasteiger partial charge < -0.3 is 19.5 Å². The van der Waals surface area contributed by atoms with Gasteiger partial charge in [0.25, 0.3) is 15.9 Å². The number of aromatic nitrogens is 3. The third-order valence-electron chi connectivity index (χ3n) is 6.12. The fraction of sp³-hybridized carbons (Fsp3) is 0.179. The lowest BCUT2D eigenvalue weighted by molar-refractivity contribution is 0.138. The molecule has 1 unspecified atom stereocenters. The van der Waals surface area contributed by atoms with E-state index in [1.54, 1.807) is 25.1 Å². The average Bonchev–Trinajstić information content (AvgIpc) is 3.63. The fourth-order valence-corrected chi connectivity index (χ4v) is 4.99. The highest BCUT2D eigenvalue weighted by atomic mass is 32.2. The predicted octanol–water partition coefficient (Wildman–Crippen LogP) is 4.64. The molecule has 5 rings (SSSR count). The van der Waals surface area contributed by atoms with E-state index in [-0.39, 0.29) is 22.2 Å². The van der Waals surface area contributed by atoms with Gasteiger partial charge in [-0.25, -0.2) is 17.2 Å². The van der Waals surface area contributed by atoms with E-state index in [1.807, 2.05) is 12.1 Å². The maximum Gasteiger partial charge on any atom is 0.261 e. The van der Waals surface area contributed by atoms with Crippen molar-refractivity contribution < 1.29 is 31.4 Å². The molecule has 2 heterocycles. The number of nitrogens with one attached hydrogen (secondary N) is 2. The molecule has 0 fully saturated rings. The first kappa shape index (κ1) is 28.1. The highest BCUT2D eigenvalue weighted by molar-refractivity contribution is 7.92. The van der Waals surface area contributed by atoms with Crippen LogP contribution in [0.3, 0.4) is 0 Å². The normalized spacial score (nSPS) is 12.4. The number of aliphatic hydroxyl groups excluding tert-OH is 1. The molecule has 0 aliphatic heterocycles. The molecule has 41 heavy (non-hydrogen) atoms. The first-order chi connectivity index (χ1) is 19.7. The average molecular weight is 582 g/mol. The fourth-order valence-electron chi connectivity index (χ4n) is 3.94. The van der Waals surface area contributed by atoms with Gasteiger partial charge in [0.15, 0.2) is 17.4 Å². The molecule has 0 bridgehead atoms. The number of aliphatic hydroxyl groups is 1. The lowest BCUT2D eigenvalue weighted by Gasteiger charge is -2.10. The molecule has 0 spiro atoms. The standard InChI is InChI=1S/C28H25F2N5O5S/c1-17-14-26(39-33-17)25(36)16-31-13-12-18-2-7-21(8-3-18)35-41(37,38)22-9-4-19(5-10-22)27-32-28(40-34-27)20-6-11-23(29)24(30)15-20/h2-11,14-15,25,31,35-36H,12-13,16H2,1H3. The second-order valence-electron chi connectivity index (χ2n) is 9.22. The lowest BCUT2D eigenvalue weighted by Crippen LogP contribution is -2.23. The minimum atomic E-state index is -3.87. The number of anilines is 1. The highest BCUT2D eigenvalue weighted by Crippen LogP contribution is 2.25. The Balaban J connectivity index is 1.15. The summed E-state index contributed by atoms with van der Waals surface area (Å²) in [7, 11) is -3.87. The Kier molecular flexibility index (Phi) is 8.19. The Morgan fingerprint density at radius 3 is 2.32 bits per heavy atom. The largest absolute Gasteiger partial charge is 0.384 e. The molecule has 10 nitrogen and oxygen atoms in total. The molecule has 212 valence electrons. The lowest BCUT2D eigenvalue weighted by atomic mass is 10.1. The third-order valence-corrected chi connectivity index (χ3v) is 7.52. The zero-order valence-electron chi connectivity index (χ0n) is 21.7. The van der Waals surface area contributed by atoms with Crippen LogP contribution in [0.15, 0.2) is 86.7 Å². The number of nitrogens with zero attached hydrogens (tertiary/aromatic N) is 3. The van der Waals surface area contributed by atoms with Gasteiger partial charge in [0.2, 0.25) is 5.82 Å². The second-order valence-corrected chi connectivity index (χ2v) is 10.9. The van der Waals surface area contributed by atoms with Gasteiger partial charge in [0.1, 0.15) is 6.10 Å². The van der Waals surface area contributed by atoms with Gasteiger partial charge in [-0.1, -0.05) is 22.4 Å². The smallest absolute Gasteiger partial charge is 0.261 e. The summed E-state index contributed by atoms with van der Waals surface area (Å²) in [6, 6.07) is 17.7. The Labute approximate surface area is 234 Å². The molecule has 3 aromatic carbocycles. The Bertz CT molecular complexity index is 1740. The number of sulfonamides is 1. The van der Waals surface area contributed by atoms with Crippen molar-refractivity contribution >= 4 is 15.7 Å². The molecule has 2 aromatic heterocycles. The number of hydrogen-bond donors (Lipinski definition) is 3. The van der Waals surface area contributed by atoms with Crippen LogP contribution in [0.1, 0.15) is 23.1 Å². The van der Waals surface area contributed by atoms with Crippen molar-refractivity contribution in [2.45, 2.75) is 24.3 Å². The van der Waals surface area contributed by atoms with Crippen LogP contribution in [0.2, 0.25) is 0 Å². The van der Waals surface area contributed by atoms with Crippen LogP contribution in [-0.2, 0) is 16.4 Å². The quantitative estimate of drug-likeness (QED) is 0.190. The molecule has 5 aromatic rings. The van der Waals surface area contributed by atoms with Gasteiger partial charge in [-0.15, -0.1) is 0 Å². The maximum atomic E-state index is 13.5. The summed E-state index contributed by atoms with van der Waals surface area (Å²) in [5.74, 6) is -1.47. The van der Waals surface area contributed by atoms with E-state index in [0.717, 1.165) is 17.7 Å². The molecule has 0 aliphatic rings. The van der Waals surface area contributed by atoms with E-state index in [2.05, 4.69) is 25.3 Å². The van der Waals surface area contributed by atoms with E-state index in [0.29, 0.717) is 42.2 Å². The molecule has 0 saturated heterocycles. The Morgan fingerprint density at radius 2 is 1.63 bits per heavy atom. The SMILES string of the molecule is Cc1cc(C(O)CNCCc2ccc(NS(=O)(=O)c3ccc(-c4noc(-c5ccc(F)c(F)c5)n4)cc3)cc2)on1. The van der Waals surface area contributed by atoms with Gasteiger partial charge in [-0.2, -0.15) is 4.98 Å². The molecule has 0 aliphatic carbocycles. The minimum absolute atomic E-state index is 0.00409. The van der Waals surface area contributed by atoms with E-state index in [1.165, 1.54) is 30.3 Å². The van der Waals surface area contributed by atoms with Crippen molar-refractivity contribution in [2.24, 2.45) is 0 Å². The number of halogens is 2. The Hall–Kier alpha value is -4.46. The van der Waals surface area contributed by atoms with Crippen LogP contribution in [0.5, 0.6) is 0 Å². The van der Waals surface area contributed by atoms with Crippen LogP contribution < -0.4 is 10.0 Å². The van der Waals surface area contributed by atoms with Crippen LogP contribution >= 0.6 is 0 Å². The van der Waals surface area contributed by atoms with Crippen molar-refractivity contribution in [3.63, 3.8) is 0 Å². The van der Waals surface area contributed by atoms with Gasteiger partial charge >= 0.3 is 0 Å². The van der Waals surface area contributed by atoms with Crippen molar-refractivity contribution in [2.75, 3.05) is 17.8 Å². The van der Waals surface area contributed by atoms with Crippen LogP contribution in [0, 0.1) is 18.6 Å². The zero-order valence-corrected chi connectivity index (χ0v) is 22.5. The summed E-state index contributed by atoms with van der Waals surface area (Å²) in [5.41, 5.74) is 2.77. The molecular weight excluding hydrogens is 556 g/mol. The number of benzene rings is 3. The van der Waals surface area contributed by atoms with Gasteiger partial charge in [-0.3, -0.25) is 4.72 Å². The molecule has 0 saturated carbocycles. The van der Waals surface area contributed by atoms with Crippen molar-refractivity contribution in [3.05, 3.63) is 101 Å². The molecule has 1 atom stereocenters. The van der Waals surface area contributed by atoms with Crippen molar-refractivity contribution in [3.8, 4) is 22.8 Å². The van der Waals surface area contributed by atoms with Crippen molar-refractivity contribution in [1.82, 2.24) is 20.6 Å². The topological polar surface area (TPSA) is 143 Å². The summed E-state index contributed by atoms with van der Waals surface area (Å²) in [6.45, 7) is 2.70. The Morgan fingerprint density at radius 1 is 0.902 bits per heavy atom. The van der Waals surface area contributed by atoms with Crippen LogP contribution in [0.25, 0.3) is 22.8 Å². The summed E-state index contributed by atoms with van der Waals surface area (Å²) < 4.78 is 65.3. The first-order valence-electron chi connectivity index (χ1n) is 12.5. The van der Waals surface area contributed by atoms with Crippen molar-refractivity contribution in [1.29, 1.82) is 0 Å². The molecule has 0 radical (unpaired) electrons. The van der Waals surface area contributed by atoms with Gasteiger partial charge in [-0.05, 0) is 80.1 Å². The summed E-state index contributed by atoms with van der Waals surface area (Å²) in [4.78, 5) is 4.21. The minimum Gasteiger partial charge on any atom is -0.384 e. The van der Waals surface area contributed by atoms with Gasteiger partial charge in [0.05, 0.1) is 10.6 Å². The monoisotopic (exact) mass is 581 g/mol.